The van der Waals surface area contributed by atoms with E-state index in [9.17, 15) is 4.79 Å². The zero-order valence-corrected chi connectivity index (χ0v) is 7.75. The van der Waals surface area contributed by atoms with Crippen LogP contribution in [0.2, 0.25) is 0 Å². The maximum atomic E-state index is 11.1. The van der Waals surface area contributed by atoms with Gasteiger partial charge >= 0.3 is 0 Å². The van der Waals surface area contributed by atoms with Gasteiger partial charge in [-0.3, -0.25) is 9.63 Å². The molecule has 1 N–H and O–H groups in total. The number of amides is 1. The van der Waals surface area contributed by atoms with Gasteiger partial charge in [-0.05, 0) is 12.8 Å². The standard InChI is InChI=1S/C8H17NO3/c1-9(12-2)8(11)6-4-3-5-7-10/h10H,3-7H2,1-2H3. The molecule has 0 radical (unpaired) electrons. The number of unbranched alkanes of at least 4 members (excludes halogenated alkanes) is 2. The fourth-order valence-corrected chi connectivity index (χ4v) is 0.824. The summed E-state index contributed by atoms with van der Waals surface area (Å²) in [6.07, 6.45) is 2.96. The zero-order valence-electron chi connectivity index (χ0n) is 7.75. The first-order chi connectivity index (χ1) is 5.72. The monoisotopic (exact) mass is 175 g/mol. The molecular formula is C8H17NO3. The Bertz CT molecular complexity index is 127. The Kier molecular flexibility index (Phi) is 6.70. The van der Waals surface area contributed by atoms with E-state index in [2.05, 4.69) is 0 Å². The third-order valence-corrected chi connectivity index (χ3v) is 1.67. The topological polar surface area (TPSA) is 49.8 Å². The quantitative estimate of drug-likeness (QED) is 0.474. The maximum Gasteiger partial charge on any atom is 0.245 e. The summed E-state index contributed by atoms with van der Waals surface area (Å²) >= 11 is 0. The van der Waals surface area contributed by atoms with Crippen LogP contribution < -0.4 is 0 Å². The van der Waals surface area contributed by atoms with Crippen LogP contribution in [0.25, 0.3) is 0 Å². The minimum atomic E-state index is -0.0181. The molecule has 0 saturated carbocycles. The minimum absolute atomic E-state index is 0.0181. The molecule has 4 heteroatoms. The Hall–Kier alpha value is -0.610. The summed E-state index contributed by atoms with van der Waals surface area (Å²) in [6, 6.07) is 0. The summed E-state index contributed by atoms with van der Waals surface area (Å²) in [6.45, 7) is 0.203. The van der Waals surface area contributed by atoms with Gasteiger partial charge in [-0.2, -0.15) is 0 Å². The highest BCUT2D eigenvalue weighted by atomic mass is 16.7. The summed E-state index contributed by atoms with van der Waals surface area (Å²) in [7, 11) is 3.06. The highest BCUT2D eigenvalue weighted by molar-refractivity contribution is 5.74. The predicted octanol–water partition coefficient (Wildman–Crippen LogP) is 0.559. The number of hydrogen-bond acceptors (Lipinski definition) is 3. The lowest BCUT2D eigenvalue weighted by Crippen LogP contribution is -2.24. The van der Waals surface area contributed by atoms with Gasteiger partial charge in [0.25, 0.3) is 0 Å². The highest BCUT2D eigenvalue weighted by Gasteiger charge is 2.05. The molecule has 0 saturated heterocycles. The molecule has 0 fully saturated rings. The Morgan fingerprint density at radius 3 is 2.58 bits per heavy atom. The molecule has 1 amide bonds. The molecule has 0 aliphatic carbocycles. The minimum Gasteiger partial charge on any atom is -0.396 e. The van der Waals surface area contributed by atoms with Crippen molar-refractivity contribution >= 4 is 5.91 Å². The second-order valence-electron chi connectivity index (χ2n) is 2.61. The van der Waals surface area contributed by atoms with Crippen molar-refractivity contribution in [3.05, 3.63) is 0 Å². The third-order valence-electron chi connectivity index (χ3n) is 1.67. The van der Waals surface area contributed by atoms with Crippen LogP contribution in [0.15, 0.2) is 0 Å². The first kappa shape index (κ1) is 11.4. The van der Waals surface area contributed by atoms with Gasteiger partial charge in [0.2, 0.25) is 5.91 Å². The summed E-state index contributed by atoms with van der Waals surface area (Å²) in [5.41, 5.74) is 0. The van der Waals surface area contributed by atoms with E-state index in [1.807, 2.05) is 0 Å². The van der Waals surface area contributed by atoms with Crippen molar-refractivity contribution in [3.63, 3.8) is 0 Å². The van der Waals surface area contributed by atoms with E-state index in [-0.39, 0.29) is 12.5 Å². The highest BCUT2D eigenvalue weighted by Crippen LogP contribution is 2.01. The van der Waals surface area contributed by atoms with E-state index in [0.717, 1.165) is 19.3 Å². The smallest absolute Gasteiger partial charge is 0.245 e. The van der Waals surface area contributed by atoms with E-state index in [4.69, 9.17) is 9.94 Å². The van der Waals surface area contributed by atoms with Crippen LogP contribution in [0, 0.1) is 0 Å². The largest absolute Gasteiger partial charge is 0.396 e. The molecule has 0 spiro atoms. The average Bonchev–Trinajstić information content (AvgIpc) is 2.10. The molecule has 0 atom stereocenters. The SMILES string of the molecule is CON(C)C(=O)CCCCCO. The fraction of sp³-hybridized carbons (Fsp3) is 0.875. The van der Waals surface area contributed by atoms with Gasteiger partial charge in [0.1, 0.15) is 0 Å². The molecule has 0 aromatic carbocycles. The molecule has 72 valence electrons. The van der Waals surface area contributed by atoms with Crippen LogP contribution in [0.5, 0.6) is 0 Å². The molecule has 0 aromatic heterocycles. The Labute approximate surface area is 73.1 Å². The van der Waals surface area contributed by atoms with Crippen molar-refractivity contribution < 1.29 is 14.7 Å². The molecule has 4 nitrogen and oxygen atoms in total. The Balaban J connectivity index is 3.31. The predicted molar refractivity (Wildman–Crippen MR) is 45.3 cm³/mol. The molecule has 0 unspecified atom stereocenters. The normalized spacial score (nSPS) is 9.92. The zero-order chi connectivity index (χ0) is 9.40. The molecule has 0 aliphatic heterocycles. The van der Waals surface area contributed by atoms with E-state index >= 15 is 0 Å². The van der Waals surface area contributed by atoms with Crippen LogP contribution in [0.4, 0.5) is 0 Å². The number of carbonyl (C=O) groups excluding carboxylic acids is 1. The number of carbonyl (C=O) groups is 1. The van der Waals surface area contributed by atoms with Gasteiger partial charge in [0.15, 0.2) is 0 Å². The van der Waals surface area contributed by atoms with Crippen molar-refractivity contribution in [2.45, 2.75) is 25.7 Å². The first-order valence-electron chi connectivity index (χ1n) is 4.14. The Morgan fingerprint density at radius 2 is 2.08 bits per heavy atom. The lowest BCUT2D eigenvalue weighted by Gasteiger charge is -2.12. The second-order valence-corrected chi connectivity index (χ2v) is 2.61. The number of nitrogens with zero attached hydrogens (tertiary/aromatic N) is 1. The summed E-state index contributed by atoms with van der Waals surface area (Å²) < 4.78 is 0. The van der Waals surface area contributed by atoms with Gasteiger partial charge in [0.05, 0.1) is 7.11 Å². The lowest BCUT2D eigenvalue weighted by atomic mass is 10.2. The molecule has 0 bridgehead atoms. The third kappa shape index (κ3) is 5.09. The number of aliphatic hydroxyl groups excluding tert-OH is 1. The molecule has 0 rings (SSSR count). The van der Waals surface area contributed by atoms with Gasteiger partial charge in [-0.15, -0.1) is 0 Å². The van der Waals surface area contributed by atoms with E-state index in [1.165, 1.54) is 12.2 Å². The fourth-order valence-electron chi connectivity index (χ4n) is 0.824. The number of hydrogen-bond donors (Lipinski definition) is 1. The van der Waals surface area contributed by atoms with Gasteiger partial charge in [0, 0.05) is 20.1 Å². The summed E-state index contributed by atoms with van der Waals surface area (Å²) in [5, 5.41) is 9.69. The van der Waals surface area contributed by atoms with Crippen molar-refractivity contribution in [1.29, 1.82) is 0 Å². The second kappa shape index (κ2) is 7.06. The van der Waals surface area contributed by atoms with Gasteiger partial charge in [-0.1, -0.05) is 6.42 Å². The average molecular weight is 175 g/mol. The van der Waals surface area contributed by atoms with E-state index < -0.39 is 0 Å². The van der Waals surface area contributed by atoms with Gasteiger partial charge < -0.3 is 5.11 Å². The summed E-state index contributed by atoms with van der Waals surface area (Å²) in [5.74, 6) is -0.0181. The van der Waals surface area contributed by atoms with Crippen LogP contribution in [0.1, 0.15) is 25.7 Å². The van der Waals surface area contributed by atoms with Crippen molar-refractivity contribution in [2.75, 3.05) is 20.8 Å². The van der Waals surface area contributed by atoms with E-state index in [0.29, 0.717) is 6.42 Å². The molecule has 0 heterocycles. The van der Waals surface area contributed by atoms with Gasteiger partial charge in [-0.25, -0.2) is 5.06 Å². The number of aliphatic hydroxyl groups is 1. The number of hydroxylamine groups is 2. The first-order valence-corrected chi connectivity index (χ1v) is 4.14. The van der Waals surface area contributed by atoms with Crippen molar-refractivity contribution in [1.82, 2.24) is 5.06 Å². The van der Waals surface area contributed by atoms with Crippen LogP contribution in [-0.2, 0) is 9.63 Å². The van der Waals surface area contributed by atoms with E-state index in [1.54, 1.807) is 7.05 Å². The van der Waals surface area contributed by atoms with Crippen LogP contribution in [0.3, 0.4) is 0 Å². The van der Waals surface area contributed by atoms with Crippen LogP contribution in [-0.4, -0.2) is 36.8 Å². The molecule has 0 aromatic rings. The van der Waals surface area contributed by atoms with Crippen molar-refractivity contribution in [3.8, 4) is 0 Å². The molecule has 0 aliphatic rings. The molecular weight excluding hydrogens is 158 g/mol. The summed E-state index contributed by atoms with van der Waals surface area (Å²) in [4.78, 5) is 15.8. The molecule has 12 heavy (non-hydrogen) atoms. The maximum absolute atomic E-state index is 11.1. The van der Waals surface area contributed by atoms with Crippen LogP contribution >= 0.6 is 0 Å². The lowest BCUT2D eigenvalue weighted by molar-refractivity contribution is -0.168. The Morgan fingerprint density at radius 1 is 1.42 bits per heavy atom. The van der Waals surface area contributed by atoms with Crippen molar-refractivity contribution in [2.24, 2.45) is 0 Å². The number of rotatable bonds is 6.